The summed E-state index contributed by atoms with van der Waals surface area (Å²) >= 11 is 12.0. The predicted octanol–water partition coefficient (Wildman–Crippen LogP) is 9.07. The van der Waals surface area contributed by atoms with Crippen LogP contribution in [0.5, 0.6) is 5.75 Å². The Hall–Kier alpha value is -2.81. The van der Waals surface area contributed by atoms with Crippen molar-refractivity contribution in [3.63, 3.8) is 0 Å². The van der Waals surface area contributed by atoms with E-state index in [4.69, 9.17) is 27.9 Å². The van der Waals surface area contributed by atoms with Crippen LogP contribution < -0.4 is 14.4 Å². The number of amides is 1. The molecule has 10 heteroatoms. The number of nitrogens with zero attached hydrogens (tertiary/aromatic N) is 1. The van der Waals surface area contributed by atoms with Gasteiger partial charge in [-0.15, -0.1) is 0 Å². The van der Waals surface area contributed by atoms with Crippen LogP contribution in [0, 0.1) is 5.82 Å². The molecule has 0 aliphatic rings. The van der Waals surface area contributed by atoms with Crippen molar-refractivity contribution in [2.24, 2.45) is 0 Å². The first-order valence-electron chi connectivity index (χ1n) is 15.4. The molecule has 246 valence electrons. The van der Waals surface area contributed by atoms with Gasteiger partial charge in [-0.3, -0.25) is 9.10 Å². The van der Waals surface area contributed by atoms with Gasteiger partial charge in [0, 0.05) is 22.2 Å². The Labute approximate surface area is 278 Å². The zero-order valence-electron chi connectivity index (χ0n) is 27.2. The molecule has 0 heterocycles. The van der Waals surface area contributed by atoms with Crippen molar-refractivity contribution in [1.82, 2.24) is 5.32 Å². The lowest BCUT2D eigenvalue weighted by atomic mass is 9.76. The number of benzene rings is 3. The molecule has 3 aromatic carbocycles. The van der Waals surface area contributed by atoms with E-state index in [1.54, 1.807) is 0 Å². The lowest BCUT2D eigenvalue weighted by Gasteiger charge is -2.30. The zero-order valence-corrected chi connectivity index (χ0v) is 29.5. The first-order valence-corrected chi connectivity index (χ1v) is 17.6. The maximum Gasteiger partial charge on any atom is 0.265 e. The van der Waals surface area contributed by atoms with Crippen LogP contribution in [0.4, 0.5) is 10.1 Å². The molecule has 0 aliphatic carbocycles. The average Bonchev–Trinajstić information content (AvgIpc) is 3.00. The number of hydrogen-bond acceptors (Lipinski definition) is 4. The van der Waals surface area contributed by atoms with Crippen LogP contribution in [0.2, 0.25) is 10.0 Å². The van der Waals surface area contributed by atoms with Crippen molar-refractivity contribution < 1.29 is 22.3 Å². The summed E-state index contributed by atoms with van der Waals surface area (Å²) in [4.78, 5) is 13.1. The second kappa shape index (κ2) is 15.2. The number of sulfonamides is 1. The van der Waals surface area contributed by atoms with Gasteiger partial charge >= 0.3 is 0 Å². The first-order chi connectivity index (χ1) is 21.0. The number of halogens is 3. The van der Waals surface area contributed by atoms with Gasteiger partial charge in [-0.1, -0.05) is 76.9 Å². The predicted molar refractivity (Wildman–Crippen MR) is 183 cm³/mol. The van der Waals surface area contributed by atoms with Gasteiger partial charge in [0.05, 0.1) is 17.2 Å². The minimum atomic E-state index is -4.36. The third kappa shape index (κ3) is 8.93. The molecule has 3 aromatic rings. The van der Waals surface area contributed by atoms with Crippen LogP contribution in [0.25, 0.3) is 0 Å². The number of rotatable bonds is 15. The third-order valence-electron chi connectivity index (χ3n) is 8.63. The highest BCUT2D eigenvalue weighted by molar-refractivity contribution is 7.93. The van der Waals surface area contributed by atoms with Crippen molar-refractivity contribution in [3.8, 4) is 5.75 Å². The number of hydrogen-bond donors (Lipinski definition) is 1. The minimum absolute atomic E-state index is 0.0556. The number of nitrogens with one attached hydrogen (secondary N) is 1. The number of carbonyl (C=O) groups is 1. The fourth-order valence-corrected chi connectivity index (χ4v) is 6.71. The van der Waals surface area contributed by atoms with Gasteiger partial charge in [0.15, 0.2) is 0 Å². The van der Waals surface area contributed by atoms with Crippen LogP contribution in [-0.4, -0.2) is 33.5 Å². The maximum atomic E-state index is 15.0. The van der Waals surface area contributed by atoms with Crippen molar-refractivity contribution in [2.75, 3.05) is 17.5 Å². The molecule has 0 unspecified atom stereocenters. The van der Waals surface area contributed by atoms with Crippen molar-refractivity contribution in [1.29, 1.82) is 0 Å². The Morgan fingerprint density at radius 1 is 0.911 bits per heavy atom. The van der Waals surface area contributed by atoms with Gasteiger partial charge in [0.1, 0.15) is 17.6 Å². The van der Waals surface area contributed by atoms with E-state index in [0.717, 1.165) is 29.0 Å². The summed E-state index contributed by atoms with van der Waals surface area (Å²) in [6.45, 7) is 15.5. The Balaban J connectivity index is 1.68. The Bertz CT molecular complexity index is 1580. The van der Waals surface area contributed by atoms with Crippen LogP contribution in [0.15, 0.2) is 65.6 Å². The molecular weight excluding hydrogens is 634 g/mol. The third-order valence-corrected chi connectivity index (χ3v) is 11.0. The normalized spacial score (nSPS) is 12.9. The Morgan fingerprint density at radius 3 is 2.16 bits per heavy atom. The van der Waals surface area contributed by atoms with Gasteiger partial charge < -0.3 is 10.1 Å². The van der Waals surface area contributed by atoms with Gasteiger partial charge in [-0.05, 0) is 97.5 Å². The van der Waals surface area contributed by atoms with E-state index in [-0.39, 0.29) is 33.0 Å². The molecule has 1 amide bonds. The molecule has 0 fully saturated rings. The zero-order chi connectivity index (χ0) is 33.6. The van der Waals surface area contributed by atoms with E-state index in [2.05, 4.69) is 65.1 Å². The molecule has 45 heavy (non-hydrogen) atoms. The molecule has 0 bridgehead atoms. The van der Waals surface area contributed by atoms with E-state index in [9.17, 15) is 17.6 Å². The van der Waals surface area contributed by atoms with Crippen LogP contribution in [0.1, 0.15) is 85.3 Å². The molecule has 0 aliphatic heterocycles. The fourth-order valence-electron chi connectivity index (χ4n) is 4.80. The highest BCUT2D eigenvalue weighted by Gasteiger charge is 2.35. The fraction of sp³-hybridized carbons (Fsp3) is 0.457. The van der Waals surface area contributed by atoms with E-state index < -0.39 is 27.8 Å². The average molecular weight is 680 g/mol. The number of carbonyl (C=O) groups excluding carboxylic acids is 1. The van der Waals surface area contributed by atoms with E-state index in [1.807, 2.05) is 0 Å². The van der Waals surface area contributed by atoms with E-state index in [0.29, 0.717) is 24.5 Å². The quantitative estimate of drug-likeness (QED) is 0.163. The summed E-state index contributed by atoms with van der Waals surface area (Å²) < 4.78 is 49.4. The Morgan fingerprint density at radius 2 is 1.53 bits per heavy atom. The monoisotopic (exact) mass is 678 g/mol. The lowest BCUT2D eigenvalue weighted by molar-refractivity contribution is -0.121. The van der Waals surface area contributed by atoms with Crippen LogP contribution in [0.3, 0.4) is 0 Å². The molecule has 0 saturated carbocycles. The highest BCUT2D eigenvalue weighted by Crippen LogP contribution is 2.38. The van der Waals surface area contributed by atoms with Crippen LogP contribution in [-0.2, 0) is 25.6 Å². The largest absolute Gasteiger partial charge is 0.493 e. The SMILES string of the molecule is CCC(C)(C)c1ccc(OCCCCNC(=O)[C@@H](C)N(c2cc(Cl)ccc2F)S(=O)(=O)c2ccc(Cl)cc2)c(C(C)(C)CC)c1. The molecular formula is C35H45Cl2FN2O4S. The van der Waals surface area contributed by atoms with Crippen LogP contribution >= 0.6 is 23.2 Å². The summed E-state index contributed by atoms with van der Waals surface area (Å²) in [5.74, 6) is -0.540. The molecule has 3 rings (SSSR count). The van der Waals surface area contributed by atoms with Crippen molar-refractivity contribution >= 4 is 44.8 Å². The summed E-state index contributed by atoms with van der Waals surface area (Å²) in [6, 6.07) is 14.2. The summed E-state index contributed by atoms with van der Waals surface area (Å²) in [5.41, 5.74) is 2.15. The van der Waals surface area contributed by atoms with Gasteiger partial charge in [-0.2, -0.15) is 0 Å². The smallest absolute Gasteiger partial charge is 0.265 e. The van der Waals surface area contributed by atoms with Gasteiger partial charge in [0.25, 0.3) is 10.0 Å². The highest BCUT2D eigenvalue weighted by atomic mass is 35.5. The van der Waals surface area contributed by atoms with E-state index in [1.165, 1.54) is 54.4 Å². The number of anilines is 1. The lowest BCUT2D eigenvalue weighted by Crippen LogP contribution is -2.48. The van der Waals surface area contributed by atoms with Gasteiger partial charge in [0.2, 0.25) is 5.91 Å². The molecule has 0 radical (unpaired) electrons. The molecule has 0 aromatic heterocycles. The molecule has 1 N–H and O–H groups in total. The van der Waals surface area contributed by atoms with E-state index >= 15 is 0 Å². The number of unbranched alkanes of at least 4 members (excludes halogenated alkanes) is 1. The molecule has 6 nitrogen and oxygen atoms in total. The van der Waals surface area contributed by atoms with Crippen molar-refractivity contribution in [2.45, 2.75) is 95.9 Å². The molecule has 1 atom stereocenters. The summed E-state index contributed by atoms with van der Waals surface area (Å²) in [7, 11) is -4.36. The molecule has 0 saturated heterocycles. The second-order valence-corrected chi connectivity index (χ2v) is 15.2. The topological polar surface area (TPSA) is 75.7 Å². The van der Waals surface area contributed by atoms with Gasteiger partial charge in [-0.25, -0.2) is 12.8 Å². The minimum Gasteiger partial charge on any atom is -0.493 e. The Kier molecular flexibility index (Phi) is 12.4. The first kappa shape index (κ1) is 36.7. The van der Waals surface area contributed by atoms with Crippen molar-refractivity contribution in [3.05, 3.63) is 87.7 Å². The summed E-state index contributed by atoms with van der Waals surface area (Å²) in [6.07, 6.45) is 3.26. The standard InChI is InChI=1S/C35H45Cl2FN2O4S/c1-8-34(4,5)25-12-19-32(29(22-25)35(6,7)9-2)44-21-11-10-20-39-33(41)24(3)40(31-23-27(37)15-18-30(31)38)45(42,43)28-16-13-26(36)14-17-28/h12-19,22-24H,8-11,20-21H2,1-7H3,(H,39,41)/t24-/m1/s1. The second-order valence-electron chi connectivity index (χ2n) is 12.6. The maximum absolute atomic E-state index is 15.0. The summed E-state index contributed by atoms with van der Waals surface area (Å²) in [5, 5.41) is 3.27. The molecule has 0 spiro atoms. The number of ether oxygens (including phenoxy) is 1.